The minimum atomic E-state index is -1.62. The molecular weight excluding hydrogens is 235 g/mol. The van der Waals surface area contributed by atoms with Crippen molar-refractivity contribution in [3.63, 3.8) is 0 Å². The van der Waals surface area contributed by atoms with Crippen LogP contribution in [0, 0.1) is 5.82 Å². The molecule has 4 atom stereocenters. The van der Waals surface area contributed by atoms with Crippen molar-refractivity contribution in [2.24, 2.45) is 0 Å². The van der Waals surface area contributed by atoms with Gasteiger partial charge >= 0.3 is 5.69 Å². The van der Waals surface area contributed by atoms with Gasteiger partial charge in [0, 0.05) is 2.74 Å². The highest BCUT2D eigenvalue weighted by Crippen LogP contribution is 2.27. The predicted molar refractivity (Wildman–Crippen MR) is 52.9 cm³/mol. The van der Waals surface area contributed by atoms with E-state index in [0.29, 0.717) is 10.8 Å². The van der Waals surface area contributed by atoms with Crippen LogP contribution in [-0.2, 0) is 4.74 Å². The third-order valence-corrected chi connectivity index (χ3v) is 2.47. The molecule has 1 saturated heterocycles. The van der Waals surface area contributed by atoms with Crippen LogP contribution >= 0.6 is 0 Å². The van der Waals surface area contributed by atoms with Gasteiger partial charge in [-0.05, 0) is 6.88 Å². The molecule has 0 spiro atoms. The highest BCUT2D eigenvalue weighted by Gasteiger charge is 2.41. The van der Waals surface area contributed by atoms with Crippen molar-refractivity contribution in [1.82, 2.24) is 9.55 Å². The molecule has 0 amide bonds. The van der Waals surface area contributed by atoms with Crippen LogP contribution in [0.5, 0.6) is 0 Å². The Morgan fingerprint density at radius 1 is 1.53 bits per heavy atom. The van der Waals surface area contributed by atoms with Gasteiger partial charge in [0.2, 0.25) is 5.82 Å². The van der Waals surface area contributed by atoms with E-state index in [1.165, 1.54) is 0 Å². The summed E-state index contributed by atoms with van der Waals surface area (Å²) in [5, 5.41) is 19.3. The summed E-state index contributed by atoms with van der Waals surface area (Å²) in [7, 11) is 0. The number of aromatic nitrogens is 2. The molecule has 1 aliphatic heterocycles. The molecular formula is C9H11FN2O5. The van der Waals surface area contributed by atoms with Crippen molar-refractivity contribution in [1.29, 1.82) is 0 Å². The maximum Gasteiger partial charge on any atom is 0.330 e. The maximum absolute atomic E-state index is 13.1. The Hall–Kier alpha value is -1.51. The fourth-order valence-electron chi connectivity index (χ4n) is 1.56. The minimum Gasteiger partial charge on any atom is -0.388 e. The van der Waals surface area contributed by atoms with Crippen molar-refractivity contribution in [3.8, 4) is 0 Å². The number of H-pyrrole nitrogens is 1. The van der Waals surface area contributed by atoms with Gasteiger partial charge in [0.15, 0.2) is 6.23 Å². The standard InChI is InChI=1S/C9H11FN2O5/c1-3-5(13)6(14)8(17-3)12-2-4(10)7(15)11-9(12)16/h2-3,5-6,8,13-14H,1H3,(H,11,15,16)/i1D2. The van der Waals surface area contributed by atoms with Gasteiger partial charge in [-0.15, -0.1) is 0 Å². The lowest BCUT2D eigenvalue weighted by Crippen LogP contribution is -2.38. The molecule has 8 heteroatoms. The number of rotatable bonds is 1. The third-order valence-electron chi connectivity index (χ3n) is 2.47. The van der Waals surface area contributed by atoms with E-state index >= 15 is 0 Å². The zero-order chi connectivity index (χ0) is 14.3. The average molecular weight is 248 g/mol. The van der Waals surface area contributed by atoms with E-state index in [1.54, 1.807) is 4.98 Å². The summed E-state index contributed by atoms with van der Waals surface area (Å²) in [4.78, 5) is 24.0. The van der Waals surface area contributed by atoms with E-state index in [0.717, 1.165) is 0 Å². The molecule has 0 bridgehead atoms. The van der Waals surface area contributed by atoms with Crippen LogP contribution in [0.15, 0.2) is 15.8 Å². The molecule has 4 unspecified atom stereocenters. The smallest absolute Gasteiger partial charge is 0.330 e. The number of nitrogens with one attached hydrogen (secondary N) is 1. The second-order valence-corrected chi connectivity index (χ2v) is 3.62. The van der Waals surface area contributed by atoms with Crippen molar-refractivity contribution >= 4 is 0 Å². The summed E-state index contributed by atoms with van der Waals surface area (Å²) in [6.45, 7) is -1.60. The Balaban J connectivity index is 2.41. The van der Waals surface area contributed by atoms with Crippen LogP contribution in [0.4, 0.5) is 4.39 Å². The number of nitrogens with zero attached hydrogens (tertiary/aromatic N) is 1. The maximum atomic E-state index is 13.1. The number of aliphatic hydroxyl groups excluding tert-OH is 2. The number of ether oxygens (including phenoxy) is 1. The highest BCUT2D eigenvalue weighted by molar-refractivity contribution is 4.93. The molecule has 7 nitrogen and oxygen atoms in total. The van der Waals surface area contributed by atoms with Crippen LogP contribution in [0.3, 0.4) is 0 Å². The van der Waals surface area contributed by atoms with Crippen molar-refractivity contribution < 1.29 is 22.1 Å². The van der Waals surface area contributed by atoms with E-state index in [1.807, 2.05) is 0 Å². The number of aliphatic hydroxyl groups is 2. The lowest BCUT2D eigenvalue weighted by Gasteiger charge is -2.16. The second-order valence-electron chi connectivity index (χ2n) is 3.62. The topological polar surface area (TPSA) is 105 Å². The summed E-state index contributed by atoms with van der Waals surface area (Å²) in [5.74, 6) is -1.26. The Morgan fingerprint density at radius 2 is 2.24 bits per heavy atom. The highest BCUT2D eigenvalue weighted by atomic mass is 19.1. The molecule has 2 heterocycles. The van der Waals surface area contributed by atoms with Crippen LogP contribution in [0.1, 0.15) is 15.8 Å². The first-order valence-corrected chi connectivity index (χ1v) is 4.70. The monoisotopic (exact) mass is 248 g/mol. The largest absolute Gasteiger partial charge is 0.388 e. The van der Waals surface area contributed by atoms with Gasteiger partial charge in [-0.3, -0.25) is 14.3 Å². The van der Waals surface area contributed by atoms with Gasteiger partial charge in [-0.25, -0.2) is 4.79 Å². The predicted octanol–water partition coefficient (Wildman–Crippen LogP) is -1.69. The van der Waals surface area contributed by atoms with Crippen LogP contribution in [-0.4, -0.2) is 38.1 Å². The second kappa shape index (κ2) is 4.06. The van der Waals surface area contributed by atoms with Gasteiger partial charge in [0.25, 0.3) is 5.56 Å². The average Bonchev–Trinajstić information content (AvgIpc) is 2.62. The van der Waals surface area contributed by atoms with Gasteiger partial charge in [0.1, 0.15) is 12.2 Å². The summed E-state index contributed by atoms with van der Waals surface area (Å²) >= 11 is 0. The molecule has 17 heavy (non-hydrogen) atoms. The minimum absolute atomic E-state index is 0.535. The molecule has 3 N–H and O–H groups in total. The molecule has 0 aliphatic carbocycles. The van der Waals surface area contributed by atoms with E-state index < -0.39 is 48.5 Å². The Kier molecular flexibility index (Phi) is 2.27. The first-order chi connectivity index (χ1) is 8.82. The summed E-state index contributed by atoms with van der Waals surface area (Å²) in [6.07, 6.45) is -5.47. The Bertz CT molecular complexity index is 589. The van der Waals surface area contributed by atoms with Gasteiger partial charge in [-0.1, -0.05) is 0 Å². The Morgan fingerprint density at radius 3 is 2.82 bits per heavy atom. The number of hydrogen-bond acceptors (Lipinski definition) is 5. The van der Waals surface area contributed by atoms with Gasteiger partial charge in [0.05, 0.1) is 12.3 Å². The Labute approximate surface area is 96.9 Å². The zero-order valence-corrected chi connectivity index (χ0v) is 8.41. The normalized spacial score (nSPS) is 34.8. The molecule has 0 radical (unpaired) electrons. The number of aromatic amines is 1. The van der Waals surface area contributed by atoms with Crippen LogP contribution in [0.25, 0.3) is 0 Å². The molecule has 1 aromatic heterocycles. The number of halogens is 1. The molecule has 1 aromatic rings. The summed E-state index contributed by atoms with van der Waals surface area (Å²) in [6, 6.07) is 0. The molecule has 2 rings (SSSR count). The van der Waals surface area contributed by atoms with Crippen molar-refractivity contribution in [3.05, 3.63) is 32.9 Å². The van der Waals surface area contributed by atoms with Crippen molar-refractivity contribution in [2.75, 3.05) is 0 Å². The SMILES string of the molecule is [2H]C([2H])C1OC(n2cc(F)c(=O)[nH]c2=O)C(O)C1O. The van der Waals surface area contributed by atoms with Crippen LogP contribution in [0.2, 0.25) is 0 Å². The fourth-order valence-corrected chi connectivity index (χ4v) is 1.56. The molecule has 1 aliphatic rings. The zero-order valence-electron chi connectivity index (χ0n) is 10.4. The third kappa shape index (κ3) is 1.90. The first kappa shape index (κ1) is 9.51. The molecule has 0 aromatic carbocycles. The lowest BCUT2D eigenvalue weighted by molar-refractivity contribution is -0.0356. The molecule has 94 valence electrons. The van der Waals surface area contributed by atoms with E-state index in [9.17, 15) is 24.2 Å². The van der Waals surface area contributed by atoms with Gasteiger partial charge < -0.3 is 14.9 Å². The lowest BCUT2D eigenvalue weighted by atomic mass is 10.1. The van der Waals surface area contributed by atoms with E-state index in [4.69, 9.17) is 7.48 Å². The van der Waals surface area contributed by atoms with Crippen molar-refractivity contribution in [2.45, 2.75) is 31.4 Å². The van der Waals surface area contributed by atoms with Gasteiger partial charge in [-0.2, -0.15) is 4.39 Å². The number of hydrogen-bond donors (Lipinski definition) is 3. The van der Waals surface area contributed by atoms with E-state index in [-0.39, 0.29) is 0 Å². The fraction of sp³-hybridized carbons (Fsp3) is 0.556. The summed E-state index contributed by atoms with van der Waals surface area (Å²) in [5.41, 5.74) is -2.25. The van der Waals surface area contributed by atoms with E-state index in [2.05, 4.69) is 0 Å². The molecule has 1 fully saturated rings. The molecule has 0 saturated carbocycles. The first-order valence-electron chi connectivity index (χ1n) is 5.85. The van der Waals surface area contributed by atoms with Crippen LogP contribution < -0.4 is 11.2 Å². The quantitative estimate of drug-likeness (QED) is 0.550. The summed E-state index contributed by atoms with van der Waals surface area (Å²) < 4.78 is 32.9.